The third kappa shape index (κ3) is 3.67. The molecule has 1 aromatic carbocycles. The molecule has 110 valence electrons. The highest BCUT2D eigenvalue weighted by molar-refractivity contribution is 7.99. The third-order valence-electron chi connectivity index (χ3n) is 3.05. The standard InChI is InChI=1S/C13H15F3N2OS/c14-13(15,16)11-4-3-9(6-10(11)12(17)18)20-7-8-2-1-5-19-8/h3-4,6,8H,1-2,5,7H2,(H3,17,18). The molecule has 1 unspecified atom stereocenters. The summed E-state index contributed by atoms with van der Waals surface area (Å²) in [7, 11) is 0. The minimum Gasteiger partial charge on any atom is -0.384 e. The van der Waals surface area contributed by atoms with E-state index in [0.29, 0.717) is 10.6 Å². The average molecular weight is 304 g/mol. The summed E-state index contributed by atoms with van der Waals surface area (Å²) in [6.45, 7) is 0.747. The summed E-state index contributed by atoms with van der Waals surface area (Å²) in [4.78, 5) is 0.665. The summed E-state index contributed by atoms with van der Waals surface area (Å²) < 4.78 is 43.8. The van der Waals surface area contributed by atoms with Crippen LogP contribution < -0.4 is 5.73 Å². The van der Waals surface area contributed by atoms with E-state index in [-0.39, 0.29) is 11.7 Å². The molecule has 1 aromatic rings. The lowest BCUT2D eigenvalue weighted by Crippen LogP contribution is -2.19. The second kappa shape index (κ2) is 6.05. The fraction of sp³-hybridized carbons (Fsp3) is 0.462. The summed E-state index contributed by atoms with van der Waals surface area (Å²) in [5, 5.41) is 7.30. The van der Waals surface area contributed by atoms with Crippen molar-refractivity contribution >= 4 is 17.6 Å². The molecule has 0 aromatic heterocycles. The Morgan fingerprint density at radius 3 is 2.75 bits per heavy atom. The molecule has 0 aliphatic carbocycles. The van der Waals surface area contributed by atoms with Crippen LogP contribution in [0.25, 0.3) is 0 Å². The zero-order valence-corrected chi connectivity index (χ0v) is 11.5. The number of benzene rings is 1. The average Bonchev–Trinajstić information content (AvgIpc) is 2.88. The zero-order valence-electron chi connectivity index (χ0n) is 10.7. The van der Waals surface area contributed by atoms with Crippen molar-refractivity contribution < 1.29 is 17.9 Å². The van der Waals surface area contributed by atoms with Crippen molar-refractivity contribution in [2.24, 2.45) is 5.73 Å². The molecule has 1 aliphatic rings. The molecule has 1 atom stereocenters. The topological polar surface area (TPSA) is 59.1 Å². The molecule has 1 aliphatic heterocycles. The van der Waals surface area contributed by atoms with Gasteiger partial charge in [-0.1, -0.05) is 0 Å². The van der Waals surface area contributed by atoms with Crippen LogP contribution in [0.4, 0.5) is 13.2 Å². The first-order valence-corrected chi connectivity index (χ1v) is 7.16. The van der Waals surface area contributed by atoms with Crippen LogP contribution in [0, 0.1) is 5.41 Å². The molecule has 0 spiro atoms. The molecule has 1 saturated heterocycles. The Balaban J connectivity index is 2.15. The molecule has 1 heterocycles. The number of thioether (sulfide) groups is 1. The molecule has 0 saturated carbocycles. The van der Waals surface area contributed by atoms with Crippen LogP contribution in [0.2, 0.25) is 0 Å². The van der Waals surface area contributed by atoms with Gasteiger partial charge in [0.1, 0.15) is 5.84 Å². The van der Waals surface area contributed by atoms with Gasteiger partial charge in [0.15, 0.2) is 0 Å². The normalized spacial score (nSPS) is 19.2. The SMILES string of the molecule is N=C(N)c1cc(SCC2CCCO2)ccc1C(F)(F)F. The van der Waals surface area contributed by atoms with Crippen molar-refractivity contribution in [1.82, 2.24) is 0 Å². The van der Waals surface area contributed by atoms with Gasteiger partial charge in [0, 0.05) is 22.8 Å². The Bertz CT molecular complexity index is 499. The Morgan fingerprint density at radius 2 is 2.20 bits per heavy atom. The van der Waals surface area contributed by atoms with Gasteiger partial charge in [0.25, 0.3) is 0 Å². The molecule has 7 heteroatoms. The number of nitrogens with two attached hydrogens (primary N) is 1. The van der Waals surface area contributed by atoms with E-state index in [4.69, 9.17) is 15.9 Å². The Hall–Kier alpha value is -1.21. The summed E-state index contributed by atoms with van der Waals surface area (Å²) in [6, 6.07) is 3.72. The van der Waals surface area contributed by atoms with Crippen molar-refractivity contribution in [3.05, 3.63) is 29.3 Å². The lowest BCUT2D eigenvalue weighted by atomic mass is 10.1. The summed E-state index contributed by atoms with van der Waals surface area (Å²) in [5.41, 5.74) is 4.11. The molecular weight excluding hydrogens is 289 g/mol. The molecular formula is C13H15F3N2OS. The van der Waals surface area contributed by atoms with Crippen LogP contribution in [0.15, 0.2) is 23.1 Å². The van der Waals surface area contributed by atoms with Crippen LogP contribution in [0.5, 0.6) is 0 Å². The third-order valence-corrected chi connectivity index (χ3v) is 4.17. The van der Waals surface area contributed by atoms with Gasteiger partial charge in [-0.05, 0) is 31.0 Å². The molecule has 1 fully saturated rings. The molecule has 0 amide bonds. The van der Waals surface area contributed by atoms with E-state index in [9.17, 15) is 13.2 Å². The highest BCUT2D eigenvalue weighted by Crippen LogP contribution is 2.34. The van der Waals surface area contributed by atoms with Gasteiger partial charge in [0.2, 0.25) is 0 Å². The van der Waals surface area contributed by atoms with Crippen LogP contribution in [-0.2, 0) is 10.9 Å². The zero-order chi connectivity index (χ0) is 14.8. The molecule has 20 heavy (non-hydrogen) atoms. The highest BCUT2D eigenvalue weighted by Gasteiger charge is 2.34. The van der Waals surface area contributed by atoms with E-state index >= 15 is 0 Å². The molecule has 2 rings (SSSR count). The molecule has 3 N–H and O–H groups in total. The van der Waals surface area contributed by atoms with E-state index in [1.807, 2.05) is 0 Å². The number of nitrogen functional groups attached to an aromatic ring is 1. The largest absolute Gasteiger partial charge is 0.417 e. The van der Waals surface area contributed by atoms with E-state index in [1.165, 1.54) is 23.9 Å². The number of halogens is 3. The second-order valence-corrected chi connectivity index (χ2v) is 5.66. The predicted octanol–water partition coefficient (Wildman–Crippen LogP) is 3.26. The van der Waals surface area contributed by atoms with Crippen molar-refractivity contribution in [3.8, 4) is 0 Å². The molecule has 0 bridgehead atoms. The summed E-state index contributed by atoms with van der Waals surface area (Å²) in [6.07, 6.45) is -2.34. The first-order valence-electron chi connectivity index (χ1n) is 6.18. The van der Waals surface area contributed by atoms with Crippen molar-refractivity contribution in [3.63, 3.8) is 0 Å². The minimum absolute atomic E-state index is 0.156. The fourth-order valence-electron chi connectivity index (χ4n) is 2.05. The Morgan fingerprint density at radius 1 is 1.45 bits per heavy atom. The first-order chi connectivity index (χ1) is 9.38. The van der Waals surface area contributed by atoms with Gasteiger partial charge in [-0.3, -0.25) is 5.41 Å². The van der Waals surface area contributed by atoms with Gasteiger partial charge in [0.05, 0.1) is 11.7 Å². The Kier molecular flexibility index (Phi) is 4.59. The number of alkyl halides is 3. The molecule has 3 nitrogen and oxygen atoms in total. The predicted molar refractivity (Wildman–Crippen MR) is 72.2 cm³/mol. The Labute approximate surface area is 119 Å². The maximum atomic E-state index is 12.8. The fourth-order valence-corrected chi connectivity index (χ4v) is 3.05. The minimum atomic E-state index is -4.50. The number of rotatable bonds is 4. The summed E-state index contributed by atoms with van der Waals surface area (Å²) >= 11 is 1.42. The quantitative estimate of drug-likeness (QED) is 0.510. The number of nitrogens with one attached hydrogen (secondary N) is 1. The van der Waals surface area contributed by atoms with E-state index in [1.54, 1.807) is 0 Å². The van der Waals surface area contributed by atoms with Crippen molar-refractivity contribution in [1.29, 1.82) is 5.41 Å². The van der Waals surface area contributed by atoms with Gasteiger partial charge in [-0.25, -0.2) is 0 Å². The first kappa shape index (κ1) is 15.2. The van der Waals surface area contributed by atoms with E-state index in [2.05, 4.69) is 0 Å². The second-order valence-electron chi connectivity index (χ2n) is 4.56. The number of ether oxygens (including phenoxy) is 1. The molecule has 0 radical (unpaired) electrons. The maximum absolute atomic E-state index is 12.8. The maximum Gasteiger partial charge on any atom is 0.417 e. The van der Waals surface area contributed by atoms with Gasteiger partial charge in [-0.15, -0.1) is 11.8 Å². The number of hydrogen-bond acceptors (Lipinski definition) is 3. The van der Waals surface area contributed by atoms with Crippen molar-refractivity contribution in [2.75, 3.05) is 12.4 Å². The highest BCUT2D eigenvalue weighted by atomic mass is 32.2. The summed E-state index contributed by atoms with van der Waals surface area (Å²) in [5.74, 6) is 0.125. The smallest absolute Gasteiger partial charge is 0.384 e. The van der Waals surface area contributed by atoms with Gasteiger partial charge in [-0.2, -0.15) is 13.2 Å². The van der Waals surface area contributed by atoms with Crippen LogP contribution >= 0.6 is 11.8 Å². The van der Waals surface area contributed by atoms with E-state index in [0.717, 1.165) is 25.5 Å². The van der Waals surface area contributed by atoms with Gasteiger partial charge < -0.3 is 10.5 Å². The van der Waals surface area contributed by atoms with Crippen LogP contribution in [0.1, 0.15) is 24.0 Å². The van der Waals surface area contributed by atoms with Crippen LogP contribution in [-0.4, -0.2) is 24.3 Å². The van der Waals surface area contributed by atoms with Crippen molar-refractivity contribution in [2.45, 2.75) is 30.0 Å². The van der Waals surface area contributed by atoms with E-state index < -0.39 is 17.6 Å². The van der Waals surface area contributed by atoms with Crippen LogP contribution in [0.3, 0.4) is 0 Å². The number of hydrogen-bond donors (Lipinski definition) is 2. The lowest BCUT2D eigenvalue weighted by molar-refractivity contribution is -0.137. The number of amidine groups is 1. The van der Waals surface area contributed by atoms with Gasteiger partial charge >= 0.3 is 6.18 Å². The lowest BCUT2D eigenvalue weighted by Gasteiger charge is -2.14. The monoisotopic (exact) mass is 304 g/mol.